The number of nitrogens with two attached hydrogens (primary N) is 1. The molecule has 0 saturated heterocycles. The zero-order chi connectivity index (χ0) is 26.2. The zero-order valence-electron chi connectivity index (χ0n) is 20.0. The average Bonchev–Trinajstić information content (AvgIpc) is 2.82. The van der Waals surface area contributed by atoms with Gasteiger partial charge in [-0.15, -0.1) is 4.40 Å². The van der Waals surface area contributed by atoms with Crippen LogP contribution in [0.4, 0.5) is 5.69 Å². The molecule has 1 aliphatic heterocycles. The van der Waals surface area contributed by atoms with E-state index in [-0.39, 0.29) is 33.6 Å². The van der Waals surface area contributed by atoms with Crippen LogP contribution in [0.15, 0.2) is 56.6 Å². The van der Waals surface area contributed by atoms with E-state index in [4.69, 9.17) is 10.5 Å². The Labute approximate surface area is 207 Å². The molecule has 0 radical (unpaired) electrons. The van der Waals surface area contributed by atoms with Gasteiger partial charge in [-0.25, -0.2) is 4.68 Å². The third-order valence-corrected chi connectivity index (χ3v) is 6.93. The lowest BCUT2D eigenvalue weighted by Crippen LogP contribution is -2.37. The number of hydrogen-bond acceptors (Lipinski definition) is 8. The minimum atomic E-state index is -4.30. The first-order valence-electron chi connectivity index (χ1n) is 11.4. The number of amides is 1. The van der Waals surface area contributed by atoms with Gasteiger partial charge < -0.3 is 26.3 Å². The summed E-state index contributed by atoms with van der Waals surface area (Å²) >= 11 is 0. The highest BCUT2D eigenvalue weighted by atomic mass is 32.2. The summed E-state index contributed by atoms with van der Waals surface area (Å²) in [6.45, 7) is 6.12. The summed E-state index contributed by atoms with van der Waals surface area (Å²) in [5.41, 5.74) is 7.97. The number of ether oxygens (including phenoxy) is 1. The van der Waals surface area contributed by atoms with E-state index in [0.717, 1.165) is 0 Å². The van der Waals surface area contributed by atoms with Gasteiger partial charge in [0.15, 0.2) is 11.9 Å². The third kappa shape index (κ3) is 4.59. The number of hydrogen-bond donors (Lipinski definition) is 4. The van der Waals surface area contributed by atoms with Gasteiger partial charge in [0.05, 0.1) is 11.2 Å². The summed E-state index contributed by atoms with van der Waals surface area (Å²) in [6.07, 6.45) is -0.620. The number of benzene rings is 2. The highest BCUT2D eigenvalue weighted by Crippen LogP contribution is 2.34. The third-order valence-electron chi connectivity index (χ3n) is 5.61. The van der Waals surface area contributed by atoms with Crippen molar-refractivity contribution in [2.45, 2.75) is 38.2 Å². The largest absolute Gasteiger partial charge is 0.506 e. The van der Waals surface area contributed by atoms with E-state index in [1.165, 1.54) is 22.9 Å². The minimum Gasteiger partial charge on any atom is -0.506 e. The molecular weight excluding hydrogens is 486 g/mol. The van der Waals surface area contributed by atoms with E-state index in [1.807, 2.05) is 13.8 Å². The highest BCUT2D eigenvalue weighted by Gasteiger charge is 2.31. The van der Waals surface area contributed by atoms with Crippen LogP contribution in [0.3, 0.4) is 0 Å². The number of amidine groups is 1. The fraction of sp³-hybridized carbons (Fsp3) is 0.292. The molecule has 11 nitrogen and oxygen atoms in total. The molecule has 4 rings (SSSR count). The van der Waals surface area contributed by atoms with Crippen molar-refractivity contribution < 1.29 is 23.1 Å². The van der Waals surface area contributed by atoms with Crippen LogP contribution in [0.1, 0.15) is 32.8 Å². The number of fused-ring (bicyclic) bond motifs is 2. The van der Waals surface area contributed by atoms with Gasteiger partial charge in [-0.05, 0) is 36.6 Å². The molecule has 36 heavy (non-hydrogen) atoms. The molecule has 0 bridgehead atoms. The Hall–Kier alpha value is -4.06. The Balaban J connectivity index is 1.83. The predicted molar refractivity (Wildman–Crippen MR) is 137 cm³/mol. The smallest absolute Gasteiger partial charge is 0.286 e. The second-order valence-corrected chi connectivity index (χ2v) is 10.3. The number of para-hydroxylation sites is 1. The number of nitrogens with one attached hydrogen (secondary N) is 2. The van der Waals surface area contributed by atoms with E-state index >= 15 is 0 Å². The molecule has 0 fully saturated rings. The van der Waals surface area contributed by atoms with Crippen molar-refractivity contribution in [3.05, 3.63) is 58.4 Å². The summed E-state index contributed by atoms with van der Waals surface area (Å²) in [4.78, 5) is 24.8. The quantitative estimate of drug-likeness (QED) is 0.355. The summed E-state index contributed by atoms with van der Waals surface area (Å²) < 4.78 is 36.8. The minimum absolute atomic E-state index is 0.122. The lowest BCUT2D eigenvalue weighted by atomic mass is 10.1. The van der Waals surface area contributed by atoms with Gasteiger partial charge in [0.1, 0.15) is 22.0 Å². The molecule has 2 aromatic carbocycles. The second-order valence-electron chi connectivity index (χ2n) is 8.75. The molecule has 0 spiro atoms. The normalized spacial score (nSPS) is 15.1. The maximum Gasteiger partial charge on any atom is 0.286 e. The number of rotatable bonds is 8. The molecule has 1 aromatic heterocycles. The molecule has 12 heteroatoms. The molecule has 3 aromatic rings. The lowest BCUT2D eigenvalue weighted by Gasteiger charge is -2.22. The number of anilines is 1. The van der Waals surface area contributed by atoms with Crippen LogP contribution in [0.5, 0.6) is 11.5 Å². The second kappa shape index (κ2) is 9.53. The van der Waals surface area contributed by atoms with Crippen molar-refractivity contribution in [3.63, 3.8) is 0 Å². The van der Waals surface area contributed by atoms with Gasteiger partial charge >= 0.3 is 0 Å². The van der Waals surface area contributed by atoms with E-state index in [1.54, 1.807) is 31.2 Å². The fourth-order valence-electron chi connectivity index (χ4n) is 3.80. The number of sulfonamides is 1. The number of nitrogens with zero attached hydrogens (tertiary/aromatic N) is 2. The Kier molecular flexibility index (Phi) is 6.63. The van der Waals surface area contributed by atoms with Gasteiger partial charge in [-0.3, -0.25) is 9.59 Å². The average molecular weight is 514 g/mol. The maximum atomic E-state index is 13.5. The molecule has 2 heterocycles. The van der Waals surface area contributed by atoms with Crippen LogP contribution in [-0.4, -0.2) is 42.6 Å². The fourth-order valence-corrected chi connectivity index (χ4v) is 4.94. The van der Waals surface area contributed by atoms with E-state index in [2.05, 4.69) is 15.1 Å². The molecular formula is C24H27N5O6S. The molecule has 0 saturated carbocycles. The first-order valence-corrected chi connectivity index (χ1v) is 12.8. The topological polar surface area (TPSA) is 165 Å². The first kappa shape index (κ1) is 25.0. The Morgan fingerprint density at radius 2 is 1.97 bits per heavy atom. The van der Waals surface area contributed by atoms with Crippen molar-refractivity contribution in [2.75, 3.05) is 17.3 Å². The Morgan fingerprint density at radius 3 is 2.64 bits per heavy atom. The van der Waals surface area contributed by atoms with Gasteiger partial charge in [-0.1, -0.05) is 32.9 Å². The van der Waals surface area contributed by atoms with Crippen LogP contribution >= 0.6 is 0 Å². The summed E-state index contributed by atoms with van der Waals surface area (Å²) in [5.74, 6) is -1.05. The van der Waals surface area contributed by atoms with Crippen LogP contribution < -0.4 is 26.8 Å². The van der Waals surface area contributed by atoms with Gasteiger partial charge in [0, 0.05) is 18.0 Å². The maximum absolute atomic E-state index is 13.5. The number of carbonyl (C=O) groups is 1. The number of pyridine rings is 1. The van der Waals surface area contributed by atoms with Crippen LogP contribution in [0, 0.1) is 5.92 Å². The number of aromatic hydroxyl groups is 1. The molecule has 190 valence electrons. The predicted octanol–water partition coefficient (Wildman–Crippen LogP) is 2.11. The first-order chi connectivity index (χ1) is 17.0. The van der Waals surface area contributed by atoms with E-state index in [0.29, 0.717) is 23.9 Å². The molecule has 5 N–H and O–H groups in total. The van der Waals surface area contributed by atoms with Gasteiger partial charge in [0.2, 0.25) is 0 Å². The van der Waals surface area contributed by atoms with Crippen molar-refractivity contribution in [1.29, 1.82) is 0 Å². The molecule has 1 unspecified atom stereocenters. The van der Waals surface area contributed by atoms with Crippen LogP contribution in [0.2, 0.25) is 0 Å². The number of primary amides is 1. The summed E-state index contributed by atoms with van der Waals surface area (Å²) in [6, 6.07) is 10.9. The Morgan fingerprint density at radius 1 is 1.25 bits per heavy atom. The lowest BCUT2D eigenvalue weighted by molar-refractivity contribution is -0.124. The van der Waals surface area contributed by atoms with Crippen molar-refractivity contribution in [2.24, 2.45) is 16.0 Å². The molecule has 1 amide bonds. The standard InChI is InChI=1S/C24H27N5O6S/c1-4-18(22(25)31)35-14-9-10-16-19(11-14)36(33,34)28-23(27-16)20-21(30)15-7-5-6-8-17(15)29(24(20)32)26-12-13(2)3/h5-11,13,18,26,30H,4,12H2,1-3H3,(H2,25,31)(H,27,28). The van der Waals surface area contributed by atoms with Crippen molar-refractivity contribution in [1.82, 2.24) is 4.68 Å². The monoisotopic (exact) mass is 513 g/mol. The SMILES string of the molecule is CCC(Oc1ccc2c(c1)S(=O)(=O)N=C(c1c(O)c3ccccc3n(NCC(C)C)c1=O)N2)C(N)=O. The molecule has 0 aliphatic carbocycles. The van der Waals surface area contributed by atoms with Crippen molar-refractivity contribution >= 4 is 38.4 Å². The Bertz CT molecular complexity index is 1540. The molecule has 1 aliphatic rings. The van der Waals surface area contributed by atoms with Crippen LogP contribution in [0.25, 0.3) is 10.9 Å². The van der Waals surface area contributed by atoms with E-state index in [9.17, 15) is 23.1 Å². The summed E-state index contributed by atoms with van der Waals surface area (Å²) in [5, 5.41) is 14.2. The summed E-state index contributed by atoms with van der Waals surface area (Å²) in [7, 11) is -4.30. The highest BCUT2D eigenvalue weighted by molar-refractivity contribution is 7.90. The number of carbonyl (C=O) groups excluding carboxylic acids is 1. The van der Waals surface area contributed by atoms with Crippen LogP contribution in [-0.2, 0) is 14.8 Å². The molecule has 1 atom stereocenters. The van der Waals surface area contributed by atoms with Gasteiger partial charge in [0.25, 0.3) is 21.5 Å². The van der Waals surface area contributed by atoms with E-state index < -0.39 is 33.3 Å². The van der Waals surface area contributed by atoms with Gasteiger partial charge in [-0.2, -0.15) is 8.42 Å². The number of aromatic nitrogens is 1. The van der Waals surface area contributed by atoms with Crippen molar-refractivity contribution in [3.8, 4) is 11.5 Å². The zero-order valence-corrected chi connectivity index (χ0v) is 20.8.